The van der Waals surface area contributed by atoms with Gasteiger partial charge in [0.1, 0.15) is 17.5 Å². The van der Waals surface area contributed by atoms with Crippen molar-refractivity contribution >= 4 is 38.4 Å². The Morgan fingerprint density at radius 1 is 1.31 bits per heavy atom. The van der Waals surface area contributed by atoms with Gasteiger partial charge in [0.25, 0.3) is 11.5 Å². The van der Waals surface area contributed by atoms with Gasteiger partial charge >= 0.3 is 5.69 Å². The number of nitriles is 1. The molecular formula is C25H25N5O5S. The molecule has 5 rings (SSSR count). The summed E-state index contributed by atoms with van der Waals surface area (Å²) in [5.41, 5.74) is 0.611. The molecule has 0 saturated carbocycles. The molecule has 186 valence electrons. The number of aliphatic hydroxyl groups is 1. The highest BCUT2D eigenvalue weighted by atomic mass is 32.1. The largest absolute Gasteiger partial charge is 0.389 e. The summed E-state index contributed by atoms with van der Waals surface area (Å²) in [6, 6.07) is 9.38. The van der Waals surface area contributed by atoms with E-state index in [-0.39, 0.29) is 36.6 Å². The topological polar surface area (TPSA) is 122 Å². The minimum absolute atomic E-state index is 0.00898. The van der Waals surface area contributed by atoms with Crippen molar-refractivity contribution in [3.8, 4) is 6.07 Å². The van der Waals surface area contributed by atoms with Crippen molar-refractivity contribution in [2.24, 2.45) is 13.0 Å². The molecule has 1 aromatic carbocycles. The number of hydrogen-bond donors (Lipinski definition) is 1. The molecule has 1 fully saturated rings. The van der Waals surface area contributed by atoms with E-state index < -0.39 is 23.3 Å². The van der Waals surface area contributed by atoms with Gasteiger partial charge < -0.3 is 9.67 Å². The van der Waals surface area contributed by atoms with E-state index in [2.05, 4.69) is 6.07 Å². The van der Waals surface area contributed by atoms with Crippen LogP contribution < -0.4 is 11.2 Å². The normalized spacial score (nSPS) is 15.9. The lowest BCUT2D eigenvalue weighted by atomic mass is 10.1. The number of benzene rings is 1. The predicted molar refractivity (Wildman–Crippen MR) is 135 cm³/mol. The standard InChI is InChI=1S/C25H25N5O5S/c1-14(2)10-29-24-21(22(32)27(3)25(29)34)20(23(33)30-11-17(31)13-35-30)19(36-24)12-28-7-6-16-8-15(9-26)4-5-18(16)28/h4-8,14,17,31H,10-13H2,1-3H3. The van der Waals surface area contributed by atoms with Crippen molar-refractivity contribution < 1.29 is 14.7 Å². The van der Waals surface area contributed by atoms with E-state index in [1.54, 1.807) is 16.7 Å². The number of fused-ring (bicyclic) bond motifs is 2. The molecule has 0 radical (unpaired) electrons. The monoisotopic (exact) mass is 507 g/mol. The van der Waals surface area contributed by atoms with Gasteiger partial charge in [0.2, 0.25) is 0 Å². The third-order valence-corrected chi connectivity index (χ3v) is 7.44. The van der Waals surface area contributed by atoms with Crippen LogP contribution in [0.15, 0.2) is 40.1 Å². The van der Waals surface area contributed by atoms with E-state index in [4.69, 9.17) is 4.84 Å². The quantitative estimate of drug-likeness (QED) is 0.441. The molecule has 10 nitrogen and oxygen atoms in total. The maximum Gasteiger partial charge on any atom is 0.331 e. The van der Waals surface area contributed by atoms with Crippen LogP contribution in [0.5, 0.6) is 0 Å². The fraction of sp³-hybridized carbons (Fsp3) is 0.360. The van der Waals surface area contributed by atoms with Gasteiger partial charge in [-0.15, -0.1) is 11.3 Å². The lowest BCUT2D eigenvalue weighted by Gasteiger charge is -2.15. The molecule has 4 aromatic rings. The van der Waals surface area contributed by atoms with Gasteiger partial charge in [-0.25, -0.2) is 9.86 Å². The molecule has 1 amide bonds. The van der Waals surface area contributed by atoms with Crippen molar-refractivity contribution in [1.29, 1.82) is 5.26 Å². The van der Waals surface area contributed by atoms with Crippen LogP contribution in [-0.4, -0.2) is 49.0 Å². The van der Waals surface area contributed by atoms with Gasteiger partial charge in [-0.1, -0.05) is 13.8 Å². The van der Waals surface area contributed by atoms with Crippen LogP contribution in [0, 0.1) is 17.2 Å². The SMILES string of the molecule is CC(C)Cn1c(=O)n(C)c(=O)c2c(C(=O)N3CC(O)CO3)c(Cn3ccc4cc(C#N)ccc43)sc21. The molecular weight excluding hydrogens is 482 g/mol. The number of aliphatic hydroxyl groups excluding tert-OH is 1. The second kappa shape index (κ2) is 9.05. The first kappa shape index (κ1) is 24.0. The number of β-amino-alcohol motifs (C(OH)–C–C–N with tert-alkyl or cyclic N) is 1. The molecule has 1 aliphatic heterocycles. The van der Waals surface area contributed by atoms with Crippen LogP contribution in [0.1, 0.15) is 34.6 Å². The maximum atomic E-state index is 13.7. The summed E-state index contributed by atoms with van der Waals surface area (Å²) in [5.74, 6) is -0.393. The van der Waals surface area contributed by atoms with Crippen LogP contribution in [0.2, 0.25) is 0 Å². The highest BCUT2D eigenvalue weighted by Crippen LogP contribution is 2.32. The first-order valence-electron chi connectivity index (χ1n) is 11.6. The molecule has 4 heterocycles. The van der Waals surface area contributed by atoms with E-state index in [9.17, 15) is 24.8 Å². The Balaban J connectivity index is 1.74. The number of nitrogens with zero attached hydrogens (tertiary/aromatic N) is 5. The van der Waals surface area contributed by atoms with E-state index in [1.165, 1.54) is 18.4 Å². The second-order valence-electron chi connectivity index (χ2n) is 9.38. The molecule has 1 atom stereocenters. The zero-order valence-electron chi connectivity index (χ0n) is 20.1. The van der Waals surface area contributed by atoms with Gasteiger partial charge in [-0.05, 0) is 30.2 Å². The fourth-order valence-corrected chi connectivity index (χ4v) is 5.82. The van der Waals surface area contributed by atoms with Gasteiger partial charge in [0, 0.05) is 35.6 Å². The van der Waals surface area contributed by atoms with Gasteiger partial charge in [0.05, 0.1) is 35.7 Å². The molecule has 3 aromatic heterocycles. The number of hydrogen-bond acceptors (Lipinski definition) is 7. The van der Waals surface area contributed by atoms with Gasteiger partial charge in [0.15, 0.2) is 0 Å². The summed E-state index contributed by atoms with van der Waals surface area (Å²) in [5, 5.41) is 21.3. The van der Waals surface area contributed by atoms with Crippen LogP contribution in [-0.2, 0) is 25.0 Å². The van der Waals surface area contributed by atoms with Crippen LogP contribution in [0.3, 0.4) is 0 Å². The van der Waals surface area contributed by atoms with Crippen molar-refractivity contribution in [3.05, 3.63) is 67.3 Å². The third kappa shape index (κ3) is 3.93. The van der Waals surface area contributed by atoms with Crippen LogP contribution in [0.4, 0.5) is 0 Å². The van der Waals surface area contributed by atoms with E-state index in [0.717, 1.165) is 20.5 Å². The van der Waals surface area contributed by atoms with Crippen LogP contribution >= 0.6 is 11.3 Å². The highest BCUT2D eigenvalue weighted by molar-refractivity contribution is 7.19. The Morgan fingerprint density at radius 2 is 2.08 bits per heavy atom. The number of carbonyl (C=O) groups excluding carboxylic acids is 1. The Morgan fingerprint density at radius 3 is 2.75 bits per heavy atom. The third-order valence-electron chi connectivity index (χ3n) is 6.25. The minimum Gasteiger partial charge on any atom is -0.389 e. The Kier molecular flexibility index (Phi) is 6.04. The molecule has 0 spiro atoms. The molecule has 1 aliphatic rings. The summed E-state index contributed by atoms with van der Waals surface area (Å²) in [4.78, 5) is 46.5. The summed E-state index contributed by atoms with van der Waals surface area (Å²) in [6.45, 7) is 4.59. The Hall–Kier alpha value is -3.72. The number of thiophene rings is 1. The maximum absolute atomic E-state index is 13.7. The minimum atomic E-state index is -0.813. The zero-order chi connectivity index (χ0) is 25.7. The molecule has 11 heteroatoms. The average Bonchev–Trinajstić information content (AvgIpc) is 3.57. The van der Waals surface area contributed by atoms with Gasteiger partial charge in [-0.2, -0.15) is 5.26 Å². The molecule has 1 unspecified atom stereocenters. The predicted octanol–water partition coefficient (Wildman–Crippen LogP) is 2.04. The van der Waals surface area contributed by atoms with Gasteiger partial charge in [-0.3, -0.25) is 23.6 Å². The lowest BCUT2D eigenvalue weighted by Crippen LogP contribution is -2.39. The first-order chi connectivity index (χ1) is 17.2. The average molecular weight is 508 g/mol. The van der Waals surface area contributed by atoms with E-state index in [0.29, 0.717) is 21.8 Å². The smallest absolute Gasteiger partial charge is 0.331 e. The Bertz CT molecular complexity index is 1670. The molecule has 1 saturated heterocycles. The van der Waals surface area contributed by atoms with Crippen molar-refractivity contribution in [3.63, 3.8) is 0 Å². The lowest BCUT2D eigenvalue weighted by molar-refractivity contribution is -0.0778. The van der Waals surface area contributed by atoms with E-state index in [1.807, 2.05) is 36.7 Å². The number of rotatable bonds is 5. The molecule has 0 aliphatic carbocycles. The Labute approximate surface area is 209 Å². The number of hydroxylamine groups is 2. The molecule has 1 N–H and O–H groups in total. The molecule has 0 bridgehead atoms. The molecule has 36 heavy (non-hydrogen) atoms. The number of carbonyl (C=O) groups is 1. The first-order valence-corrected chi connectivity index (χ1v) is 12.4. The van der Waals surface area contributed by atoms with E-state index >= 15 is 0 Å². The summed E-state index contributed by atoms with van der Waals surface area (Å²) >= 11 is 1.24. The zero-order valence-corrected chi connectivity index (χ0v) is 20.9. The van der Waals surface area contributed by atoms with Crippen molar-refractivity contribution in [2.45, 2.75) is 33.0 Å². The fourth-order valence-electron chi connectivity index (χ4n) is 4.54. The summed E-state index contributed by atoms with van der Waals surface area (Å²) in [6.07, 6.45) is 1.05. The summed E-state index contributed by atoms with van der Waals surface area (Å²) < 4.78 is 4.53. The highest BCUT2D eigenvalue weighted by Gasteiger charge is 2.33. The second-order valence-corrected chi connectivity index (χ2v) is 10.5. The van der Waals surface area contributed by atoms with Crippen LogP contribution in [0.25, 0.3) is 21.1 Å². The van der Waals surface area contributed by atoms with Crippen molar-refractivity contribution in [1.82, 2.24) is 18.8 Å². The summed E-state index contributed by atoms with van der Waals surface area (Å²) in [7, 11) is 1.41. The number of amides is 1. The van der Waals surface area contributed by atoms with Crippen molar-refractivity contribution in [2.75, 3.05) is 13.2 Å². The number of aromatic nitrogens is 3.